The molecule has 0 atom stereocenters. The largest absolute Gasteiger partial charge is 0.473 e. The fourth-order valence-electron chi connectivity index (χ4n) is 2.26. The summed E-state index contributed by atoms with van der Waals surface area (Å²) in [4.78, 5) is 12.4. The van der Waals surface area contributed by atoms with Gasteiger partial charge in [0.15, 0.2) is 5.78 Å². The molecule has 3 aromatic rings. The quantitative estimate of drug-likeness (QED) is 0.647. The van der Waals surface area contributed by atoms with Crippen LogP contribution in [0.25, 0.3) is 0 Å². The molecular formula is C18H14Cl2N2O2. The monoisotopic (exact) mass is 360 g/mol. The van der Waals surface area contributed by atoms with E-state index >= 15 is 0 Å². The van der Waals surface area contributed by atoms with Crippen LogP contribution < -0.4 is 4.74 Å². The summed E-state index contributed by atoms with van der Waals surface area (Å²) < 4.78 is 5.72. The minimum absolute atomic E-state index is 0.123. The summed E-state index contributed by atoms with van der Waals surface area (Å²) in [5, 5.41) is 7.57. The highest BCUT2D eigenvalue weighted by Crippen LogP contribution is 2.24. The number of Topliss-reactive ketones (excluding diaryl/α,β-unsaturated/α-hetero) is 1. The van der Waals surface area contributed by atoms with Crippen LogP contribution in [0.3, 0.4) is 0 Å². The zero-order chi connectivity index (χ0) is 16.9. The number of carbonyl (C=O) groups excluding carboxylic acids is 1. The standard InChI is InChI=1S/C18H14Cl2N2O2/c19-14-6-7-15(16(20)9-14)17(23)8-13-10-21-22-18(13)24-11-12-4-2-1-3-5-12/h1-7,9-10H,8,11H2,(H,21,22). The molecule has 1 N–H and O–H groups in total. The van der Waals surface area contributed by atoms with E-state index in [9.17, 15) is 4.79 Å². The number of aromatic amines is 1. The van der Waals surface area contributed by atoms with Crippen molar-refractivity contribution < 1.29 is 9.53 Å². The summed E-state index contributed by atoms with van der Waals surface area (Å²) in [6.07, 6.45) is 1.73. The van der Waals surface area contributed by atoms with Gasteiger partial charge in [-0.3, -0.25) is 4.79 Å². The lowest BCUT2D eigenvalue weighted by Gasteiger charge is -2.07. The van der Waals surface area contributed by atoms with Crippen molar-refractivity contribution in [3.63, 3.8) is 0 Å². The van der Waals surface area contributed by atoms with E-state index in [-0.39, 0.29) is 12.2 Å². The average Bonchev–Trinajstić information content (AvgIpc) is 3.01. The topological polar surface area (TPSA) is 55.0 Å². The molecule has 0 unspecified atom stereocenters. The molecule has 4 nitrogen and oxygen atoms in total. The van der Waals surface area contributed by atoms with Gasteiger partial charge in [-0.1, -0.05) is 53.5 Å². The van der Waals surface area contributed by atoms with E-state index in [4.69, 9.17) is 27.9 Å². The number of nitrogens with zero attached hydrogens (tertiary/aromatic N) is 1. The van der Waals surface area contributed by atoms with E-state index in [0.717, 1.165) is 5.56 Å². The van der Waals surface area contributed by atoms with Crippen LogP contribution in [0.2, 0.25) is 10.0 Å². The van der Waals surface area contributed by atoms with Crippen LogP contribution in [-0.2, 0) is 13.0 Å². The Bertz CT molecular complexity index is 847. The predicted octanol–water partition coefficient (Wildman–Crippen LogP) is 4.72. The summed E-state index contributed by atoms with van der Waals surface area (Å²) in [6, 6.07) is 14.6. The summed E-state index contributed by atoms with van der Waals surface area (Å²) in [6.45, 7) is 0.395. The zero-order valence-corrected chi connectivity index (χ0v) is 14.1. The first-order chi connectivity index (χ1) is 11.6. The van der Waals surface area contributed by atoms with E-state index in [0.29, 0.717) is 33.7 Å². The minimum atomic E-state index is -0.123. The molecule has 3 rings (SSSR count). The van der Waals surface area contributed by atoms with Crippen molar-refractivity contribution >= 4 is 29.0 Å². The predicted molar refractivity (Wildman–Crippen MR) is 93.9 cm³/mol. The van der Waals surface area contributed by atoms with Gasteiger partial charge in [0.2, 0.25) is 5.88 Å². The van der Waals surface area contributed by atoms with E-state index in [1.807, 2.05) is 30.3 Å². The van der Waals surface area contributed by atoms with Crippen LogP contribution in [0.15, 0.2) is 54.7 Å². The van der Waals surface area contributed by atoms with E-state index in [1.165, 1.54) is 0 Å². The molecule has 0 saturated heterocycles. The highest BCUT2D eigenvalue weighted by atomic mass is 35.5. The summed E-state index contributed by atoms with van der Waals surface area (Å²) in [5.74, 6) is 0.361. The molecule has 0 aliphatic carbocycles. The number of aromatic nitrogens is 2. The Morgan fingerprint density at radius 3 is 2.67 bits per heavy atom. The van der Waals surface area contributed by atoms with Crippen LogP contribution >= 0.6 is 23.2 Å². The van der Waals surface area contributed by atoms with Crippen molar-refractivity contribution in [3.8, 4) is 5.88 Å². The Morgan fingerprint density at radius 2 is 1.92 bits per heavy atom. The third-order valence-electron chi connectivity index (χ3n) is 3.49. The number of carbonyl (C=O) groups is 1. The van der Waals surface area contributed by atoms with Crippen molar-refractivity contribution in [3.05, 3.63) is 81.5 Å². The molecule has 1 aromatic heterocycles. The molecule has 0 radical (unpaired) electrons. The molecule has 1 heterocycles. The summed E-state index contributed by atoms with van der Waals surface area (Å²) in [7, 11) is 0. The number of benzene rings is 2. The van der Waals surface area contributed by atoms with Crippen LogP contribution in [0.1, 0.15) is 21.5 Å². The number of ketones is 1. The third-order valence-corrected chi connectivity index (χ3v) is 4.03. The number of hydrogen-bond donors (Lipinski definition) is 1. The van der Waals surface area contributed by atoms with Crippen LogP contribution in [0.4, 0.5) is 0 Å². The minimum Gasteiger partial charge on any atom is -0.473 e. The van der Waals surface area contributed by atoms with Crippen LogP contribution in [0.5, 0.6) is 5.88 Å². The Labute approximate surface area is 149 Å². The number of rotatable bonds is 6. The van der Waals surface area contributed by atoms with Gasteiger partial charge < -0.3 is 4.74 Å². The van der Waals surface area contributed by atoms with Crippen molar-refractivity contribution in [1.29, 1.82) is 0 Å². The van der Waals surface area contributed by atoms with E-state index in [1.54, 1.807) is 24.4 Å². The number of H-pyrrole nitrogens is 1. The van der Waals surface area contributed by atoms with Gasteiger partial charge in [0.25, 0.3) is 0 Å². The molecule has 122 valence electrons. The molecule has 0 amide bonds. The lowest BCUT2D eigenvalue weighted by molar-refractivity contribution is 0.0992. The van der Waals surface area contributed by atoms with Crippen LogP contribution in [-0.4, -0.2) is 16.0 Å². The fraction of sp³-hybridized carbons (Fsp3) is 0.111. The summed E-state index contributed by atoms with van der Waals surface area (Å²) in [5.41, 5.74) is 2.14. The van der Waals surface area contributed by atoms with Gasteiger partial charge >= 0.3 is 0 Å². The molecule has 0 aliphatic heterocycles. The van der Waals surface area contributed by atoms with Gasteiger partial charge in [0, 0.05) is 22.6 Å². The fourth-order valence-corrected chi connectivity index (χ4v) is 2.78. The molecule has 0 aliphatic rings. The first-order valence-corrected chi connectivity index (χ1v) is 8.06. The molecule has 24 heavy (non-hydrogen) atoms. The first kappa shape index (κ1) is 16.6. The average molecular weight is 361 g/mol. The normalized spacial score (nSPS) is 10.6. The maximum Gasteiger partial charge on any atom is 0.213 e. The Morgan fingerprint density at radius 1 is 1.12 bits per heavy atom. The molecule has 0 bridgehead atoms. The highest BCUT2D eigenvalue weighted by molar-refractivity contribution is 6.36. The number of nitrogens with one attached hydrogen (secondary N) is 1. The van der Waals surface area contributed by atoms with Crippen molar-refractivity contribution in [1.82, 2.24) is 10.2 Å². The molecular weight excluding hydrogens is 347 g/mol. The SMILES string of the molecule is O=C(Cc1cn[nH]c1OCc1ccccc1)c1ccc(Cl)cc1Cl. The number of ether oxygens (including phenoxy) is 1. The number of hydrogen-bond acceptors (Lipinski definition) is 3. The third kappa shape index (κ3) is 3.96. The van der Waals surface area contributed by atoms with Gasteiger partial charge in [-0.25, -0.2) is 5.10 Å². The molecule has 6 heteroatoms. The second-order valence-electron chi connectivity index (χ2n) is 5.22. The molecule has 0 saturated carbocycles. The van der Waals surface area contributed by atoms with Gasteiger partial charge in [-0.15, -0.1) is 0 Å². The van der Waals surface area contributed by atoms with E-state index < -0.39 is 0 Å². The first-order valence-electron chi connectivity index (χ1n) is 7.30. The Balaban J connectivity index is 1.70. The van der Waals surface area contributed by atoms with Crippen molar-refractivity contribution in [2.24, 2.45) is 0 Å². The van der Waals surface area contributed by atoms with E-state index in [2.05, 4.69) is 10.2 Å². The number of halogens is 2. The Kier molecular flexibility index (Phi) is 5.18. The van der Waals surface area contributed by atoms with Crippen LogP contribution in [0, 0.1) is 0 Å². The maximum absolute atomic E-state index is 12.4. The Hall–Kier alpha value is -2.30. The molecule has 0 spiro atoms. The zero-order valence-electron chi connectivity index (χ0n) is 12.6. The lowest BCUT2D eigenvalue weighted by Crippen LogP contribution is -2.06. The second-order valence-corrected chi connectivity index (χ2v) is 6.07. The molecule has 2 aromatic carbocycles. The lowest BCUT2D eigenvalue weighted by atomic mass is 10.1. The second kappa shape index (κ2) is 7.51. The smallest absolute Gasteiger partial charge is 0.213 e. The van der Waals surface area contributed by atoms with Crippen molar-refractivity contribution in [2.75, 3.05) is 0 Å². The van der Waals surface area contributed by atoms with Gasteiger partial charge in [-0.2, -0.15) is 5.10 Å². The summed E-state index contributed by atoms with van der Waals surface area (Å²) >= 11 is 11.9. The highest BCUT2D eigenvalue weighted by Gasteiger charge is 2.16. The van der Waals surface area contributed by atoms with Gasteiger partial charge in [0.1, 0.15) is 6.61 Å². The van der Waals surface area contributed by atoms with Crippen molar-refractivity contribution in [2.45, 2.75) is 13.0 Å². The van der Waals surface area contributed by atoms with Gasteiger partial charge in [-0.05, 0) is 23.8 Å². The maximum atomic E-state index is 12.4. The molecule has 0 fully saturated rings. The van der Waals surface area contributed by atoms with Gasteiger partial charge in [0.05, 0.1) is 11.2 Å².